The predicted molar refractivity (Wildman–Crippen MR) is 113 cm³/mol. The van der Waals surface area contributed by atoms with Gasteiger partial charge in [0.15, 0.2) is 0 Å². The van der Waals surface area contributed by atoms with Crippen molar-refractivity contribution in [2.24, 2.45) is 4.40 Å². The van der Waals surface area contributed by atoms with Gasteiger partial charge in [0, 0.05) is 44.8 Å². The molecule has 4 rings (SSSR count). The summed E-state index contributed by atoms with van der Waals surface area (Å²) in [6.07, 6.45) is 4.65. The molecule has 0 spiro atoms. The van der Waals surface area contributed by atoms with Crippen molar-refractivity contribution in [3.8, 4) is 0 Å². The zero-order valence-corrected chi connectivity index (χ0v) is 17.7. The van der Waals surface area contributed by atoms with Crippen molar-refractivity contribution in [1.82, 2.24) is 19.2 Å². The Morgan fingerprint density at radius 1 is 1.06 bits per heavy atom. The number of carbonyl (C=O) groups excluding carboxylic acids is 1. The van der Waals surface area contributed by atoms with E-state index >= 15 is 0 Å². The summed E-state index contributed by atoms with van der Waals surface area (Å²) in [4.78, 5) is 25.2. The average molecular weight is 444 g/mol. The van der Waals surface area contributed by atoms with Gasteiger partial charge in [0.2, 0.25) is 5.95 Å². The van der Waals surface area contributed by atoms with Gasteiger partial charge < -0.3 is 9.80 Å². The minimum Gasteiger partial charge on any atom is -0.337 e. The molecule has 1 saturated heterocycles. The number of halogens is 1. The second kappa shape index (κ2) is 8.42. The average Bonchev–Trinajstić information content (AvgIpc) is 2.77. The fourth-order valence-electron chi connectivity index (χ4n) is 3.42. The van der Waals surface area contributed by atoms with Crippen LogP contribution in [0.5, 0.6) is 0 Å². The van der Waals surface area contributed by atoms with E-state index in [0.29, 0.717) is 37.7 Å². The first-order valence-corrected chi connectivity index (χ1v) is 11.1. The van der Waals surface area contributed by atoms with Crippen LogP contribution in [0.1, 0.15) is 12.5 Å². The lowest BCUT2D eigenvalue weighted by Crippen LogP contribution is -2.50. The van der Waals surface area contributed by atoms with Crippen molar-refractivity contribution < 1.29 is 17.6 Å². The summed E-state index contributed by atoms with van der Waals surface area (Å²) in [5.41, 5.74) is 0.953. The van der Waals surface area contributed by atoms with Crippen LogP contribution in [0.25, 0.3) is 0 Å². The molecular weight excluding hydrogens is 423 g/mol. The first-order chi connectivity index (χ1) is 14.8. The second-order valence-corrected chi connectivity index (χ2v) is 8.74. The van der Waals surface area contributed by atoms with Crippen LogP contribution < -0.4 is 4.90 Å². The SMILES string of the molecule is CC1=NS(=O)(=O)N(Cc2ccc(F)cc2)C=C1C(=O)N1CCN(c2ncccn2)CC1. The summed E-state index contributed by atoms with van der Waals surface area (Å²) >= 11 is 0. The van der Waals surface area contributed by atoms with Gasteiger partial charge in [0.05, 0.1) is 17.8 Å². The van der Waals surface area contributed by atoms with Gasteiger partial charge in [-0.1, -0.05) is 12.1 Å². The van der Waals surface area contributed by atoms with E-state index in [2.05, 4.69) is 14.4 Å². The third-order valence-electron chi connectivity index (χ3n) is 5.10. The molecule has 162 valence electrons. The Labute approximate surface area is 179 Å². The van der Waals surface area contributed by atoms with Gasteiger partial charge in [-0.2, -0.15) is 8.42 Å². The van der Waals surface area contributed by atoms with Crippen LogP contribution in [0.15, 0.2) is 58.9 Å². The summed E-state index contributed by atoms with van der Waals surface area (Å²) in [6.45, 7) is 3.49. The lowest BCUT2D eigenvalue weighted by atomic mass is 10.1. The number of nitrogens with zero attached hydrogens (tertiary/aromatic N) is 6. The number of hydrogen-bond acceptors (Lipinski definition) is 6. The third-order valence-corrected chi connectivity index (χ3v) is 6.43. The maximum absolute atomic E-state index is 13.2. The number of carbonyl (C=O) groups is 1. The van der Waals surface area contributed by atoms with Crippen LogP contribution in [0, 0.1) is 5.82 Å². The molecule has 1 aromatic carbocycles. The van der Waals surface area contributed by atoms with Gasteiger partial charge in [-0.3, -0.25) is 9.10 Å². The minimum atomic E-state index is -3.97. The van der Waals surface area contributed by atoms with Crippen LogP contribution in [-0.2, 0) is 21.5 Å². The molecule has 31 heavy (non-hydrogen) atoms. The molecule has 0 saturated carbocycles. The Hall–Kier alpha value is -3.34. The summed E-state index contributed by atoms with van der Waals surface area (Å²) in [5.74, 6) is -0.0831. The van der Waals surface area contributed by atoms with E-state index in [0.717, 1.165) is 4.31 Å². The molecule has 1 amide bonds. The van der Waals surface area contributed by atoms with Crippen LogP contribution in [0.4, 0.5) is 10.3 Å². The molecule has 2 aliphatic rings. The van der Waals surface area contributed by atoms with E-state index < -0.39 is 16.0 Å². The lowest BCUT2D eigenvalue weighted by Gasteiger charge is -2.35. The topological polar surface area (TPSA) is 99.1 Å². The monoisotopic (exact) mass is 444 g/mol. The van der Waals surface area contributed by atoms with Gasteiger partial charge in [-0.15, -0.1) is 4.40 Å². The number of hydrogen-bond donors (Lipinski definition) is 0. The number of aromatic nitrogens is 2. The van der Waals surface area contributed by atoms with E-state index in [1.165, 1.54) is 37.4 Å². The van der Waals surface area contributed by atoms with E-state index in [1.807, 2.05) is 4.90 Å². The zero-order valence-electron chi connectivity index (χ0n) is 16.8. The Kier molecular flexibility index (Phi) is 5.68. The molecule has 0 N–H and O–H groups in total. The van der Waals surface area contributed by atoms with E-state index in [4.69, 9.17) is 0 Å². The fraction of sp³-hybridized carbons (Fsp3) is 0.300. The maximum Gasteiger partial charge on any atom is 0.344 e. The fourth-order valence-corrected chi connectivity index (χ4v) is 4.52. The molecule has 3 heterocycles. The summed E-state index contributed by atoms with van der Waals surface area (Å²) in [7, 11) is -3.97. The molecule has 11 heteroatoms. The molecule has 0 atom stereocenters. The molecule has 0 radical (unpaired) electrons. The highest BCUT2D eigenvalue weighted by atomic mass is 32.2. The molecule has 1 aromatic heterocycles. The lowest BCUT2D eigenvalue weighted by molar-refractivity contribution is -0.126. The van der Waals surface area contributed by atoms with Crippen molar-refractivity contribution in [3.05, 3.63) is 65.9 Å². The molecule has 1 fully saturated rings. The number of piperazine rings is 1. The summed E-state index contributed by atoms with van der Waals surface area (Å²) < 4.78 is 42.9. The van der Waals surface area contributed by atoms with E-state index in [-0.39, 0.29) is 23.7 Å². The maximum atomic E-state index is 13.2. The van der Waals surface area contributed by atoms with Crippen molar-refractivity contribution in [2.75, 3.05) is 31.1 Å². The molecule has 2 aromatic rings. The highest BCUT2D eigenvalue weighted by molar-refractivity contribution is 7.88. The Balaban J connectivity index is 1.49. The third kappa shape index (κ3) is 4.55. The highest BCUT2D eigenvalue weighted by Gasteiger charge is 2.32. The van der Waals surface area contributed by atoms with Crippen molar-refractivity contribution in [3.63, 3.8) is 0 Å². The number of rotatable bonds is 4. The molecule has 9 nitrogen and oxygen atoms in total. The number of benzene rings is 1. The Morgan fingerprint density at radius 3 is 2.35 bits per heavy atom. The van der Waals surface area contributed by atoms with Crippen molar-refractivity contribution in [1.29, 1.82) is 0 Å². The van der Waals surface area contributed by atoms with Crippen LogP contribution in [0.3, 0.4) is 0 Å². The van der Waals surface area contributed by atoms with Crippen LogP contribution >= 0.6 is 0 Å². The van der Waals surface area contributed by atoms with Gasteiger partial charge in [-0.25, -0.2) is 14.4 Å². The largest absolute Gasteiger partial charge is 0.344 e. The summed E-state index contributed by atoms with van der Waals surface area (Å²) in [5, 5.41) is 0. The van der Waals surface area contributed by atoms with E-state index in [9.17, 15) is 17.6 Å². The Morgan fingerprint density at radius 2 is 1.71 bits per heavy atom. The van der Waals surface area contributed by atoms with E-state index in [1.54, 1.807) is 23.4 Å². The minimum absolute atomic E-state index is 0.0463. The van der Waals surface area contributed by atoms with Crippen molar-refractivity contribution in [2.45, 2.75) is 13.5 Å². The van der Waals surface area contributed by atoms with Gasteiger partial charge in [-0.05, 0) is 30.7 Å². The van der Waals surface area contributed by atoms with Gasteiger partial charge >= 0.3 is 10.2 Å². The van der Waals surface area contributed by atoms with Crippen molar-refractivity contribution >= 4 is 27.8 Å². The zero-order chi connectivity index (χ0) is 22.0. The van der Waals surface area contributed by atoms with Crippen LogP contribution in [0.2, 0.25) is 0 Å². The van der Waals surface area contributed by atoms with Gasteiger partial charge in [0.25, 0.3) is 5.91 Å². The molecule has 0 unspecified atom stereocenters. The normalized spacial score (nSPS) is 18.5. The van der Waals surface area contributed by atoms with Gasteiger partial charge in [0.1, 0.15) is 5.82 Å². The molecule has 0 aliphatic carbocycles. The highest BCUT2D eigenvalue weighted by Crippen LogP contribution is 2.22. The summed E-state index contributed by atoms with van der Waals surface area (Å²) in [6, 6.07) is 7.25. The number of anilines is 1. The molecule has 2 aliphatic heterocycles. The molecular formula is C20H21FN6O3S. The Bertz CT molecular complexity index is 1130. The second-order valence-electron chi connectivity index (χ2n) is 7.20. The predicted octanol–water partition coefficient (Wildman–Crippen LogP) is 1.37. The standard InChI is InChI=1S/C20H21FN6O3S/c1-15-18(14-27(31(29,30)24-15)13-16-3-5-17(21)6-4-16)19(28)25-9-11-26(12-10-25)20-22-7-2-8-23-20/h2-8,14H,9-13H2,1H3. The van der Waals surface area contributed by atoms with Crippen LogP contribution in [-0.4, -0.2) is 65.4 Å². The smallest absolute Gasteiger partial charge is 0.337 e. The quantitative estimate of drug-likeness (QED) is 0.706. The first-order valence-electron chi connectivity index (χ1n) is 9.70. The molecule has 0 bridgehead atoms. The first kappa shape index (κ1) is 20.9. The number of amides is 1.